The molecule has 1 aromatic carbocycles. The number of carbonyl (C=O) groups excluding carboxylic acids is 1. The number of nitrogens with zero attached hydrogens (tertiary/aromatic N) is 2. The largest absolute Gasteiger partial charge is 0.485 e. The van der Waals surface area contributed by atoms with Gasteiger partial charge in [0.2, 0.25) is 0 Å². The van der Waals surface area contributed by atoms with E-state index in [1.54, 1.807) is 48.7 Å². The fourth-order valence-corrected chi connectivity index (χ4v) is 2.77. The summed E-state index contributed by atoms with van der Waals surface area (Å²) in [6.45, 7) is 2.00. The van der Waals surface area contributed by atoms with Gasteiger partial charge in [-0.25, -0.2) is 4.98 Å². The molecule has 4 rings (SSSR count). The Hall–Kier alpha value is -3.87. The molecule has 0 unspecified atom stereocenters. The van der Waals surface area contributed by atoms with Gasteiger partial charge in [0.25, 0.3) is 11.5 Å². The molecule has 0 aliphatic carbocycles. The average molecular weight is 375 g/mol. The van der Waals surface area contributed by atoms with Gasteiger partial charge in [0, 0.05) is 12.3 Å². The minimum Gasteiger partial charge on any atom is -0.485 e. The number of carbonyl (C=O) groups is 1. The molecule has 0 aliphatic rings. The zero-order chi connectivity index (χ0) is 19.5. The van der Waals surface area contributed by atoms with Gasteiger partial charge >= 0.3 is 0 Å². The van der Waals surface area contributed by atoms with E-state index in [0.717, 1.165) is 5.56 Å². The minimum atomic E-state index is -0.376. The van der Waals surface area contributed by atoms with Gasteiger partial charge in [-0.1, -0.05) is 18.2 Å². The van der Waals surface area contributed by atoms with Crippen molar-refractivity contribution in [2.45, 2.75) is 13.5 Å². The molecule has 4 aromatic rings. The van der Waals surface area contributed by atoms with Crippen LogP contribution >= 0.6 is 0 Å². The van der Waals surface area contributed by atoms with Crippen molar-refractivity contribution >= 4 is 17.2 Å². The van der Waals surface area contributed by atoms with E-state index in [9.17, 15) is 9.59 Å². The van der Waals surface area contributed by atoms with Crippen LogP contribution in [0.25, 0.3) is 5.65 Å². The third kappa shape index (κ3) is 3.64. The highest BCUT2D eigenvalue weighted by atomic mass is 16.5. The van der Waals surface area contributed by atoms with Crippen LogP contribution in [0, 0.1) is 6.92 Å². The fourth-order valence-electron chi connectivity index (χ4n) is 2.77. The van der Waals surface area contributed by atoms with Crippen LogP contribution in [0.3, 0.4) is 0 Å². The summed E-state index contributed by atoms with van der Waals surface area (Å²) in [6.07, 6.45) is 3.18. The number of aromatic nitrogens is 2. The van der Waals surface area contributed by atoms with Gasteiger partial charge in [-0.15, -0.1) is 0 Å². The SMILES string of the molecule is Cc1ccc2nc(COc3ccccc3NC(=O)c3ccco3)cc(=O)n2c1. The van der Waals surface area contributed by atoms with E-state index in [1.165, 1.54) is 16.7 Å². The molecule has 1 amide bonds. The van der Waals surface area contributed by atoms with Crippen molar-refractivity contribution in [3.8, 4) is 5.75 Å². The molecule has 0 bridgehead atoms. The first-order valence-electron chi connectivity index (χ1n) is 8.66. The summed E-state index contributed by atoms with van der Waals surface area (Å²) >= 11 is 0. The summed E-state index contributed by atoms with van der Waals surface area (Å²) < 4.78 is 12.4. The number of benzene rings is 1. The van der Waals surface area contributed by atoms with Crippen molar-refractivity contribution in [1.82, 2.24) is 9.38 Å². The quantitative estimate of drug-likeness (QED) is 0.578. The van der Waals surface area contributed by atoms with Crippen LogP contribution in [-0.2, 0) is 6.61 Å². The Kier molecular flexibility index (Phi) is 4.63. The van der Waals surface area contributed by atoms with Crippen molar-refractivity contribution in [3.05, 3.63) is 94.4 Å². The number of hydrogen-bond donors (Lipinski definition) is 1. The molecule has 28 heavy (non-hydrogen) atoms. The van der Waals surface area contributed by atoms with Gasteiger partial charge in [-0.05, 0) is 42.8 Å². The van der Waals surface area contributed by atoms with Crippen LogP contribution in [0.4, 0.5) is 5.69 Å². The highest BCUT2D eigenvalue weighted by Crippen LogP contribution is 2.25. The molecule has 0 atom stereocenters. The lowest BCUT2D eigenvalue weighted by molar-refractivity contribution is 0.0996. The van der Waals surface area contributed by atoms with Crippen molar-refractivity contribution in [2.24, 2.45) is 0 Å². The number of rotatable bonds is 5. The summed E-state index contributed by atoms with van der Waals surface area (Å²) in [5.74, 6) is 0.293. The Morgan fingerprint density at radius 3 is 2.86 bits per heavy atom. The maximum Gasteiger partial charge on any atom is 0.291 e. The summed E-state index contributed by atoms with van der Waals surface area (Å²) in [7, 11) is 0. The first-order chi connectivity index (χ1) is 13.6. The van der Waals surface area contributed by atoms with E-state index in [4.69, 9.17) is 9.15 Å². The second-order valence-electron chi connectivity index (χ2n) is 6.24. The molecule has 1 N–H and O–H groups in total. The molecular formula is C21H17N3O4. The van der Waals surface area contributed by atoms with Crippen LogP contribution in [0.2, 0.25) is 0 Å². The zero-order valence-corrected chi connectivity index (χ0v) is 15.1. The van der Waals surface area contributed by atoms with Crippen molar-refractivity contribution in [2.75, 3.05) is 5.32 Å². The molecule has 0 saturated heterocycles. The Bertz CT molecular complexity index is 1200. The number of ether oxygens (including phenoxy) is 1. The molecule has 0 radical (unpaired) electrons. The molecule has 7 nitrogen and oxygen atoms in total. The number of para-hydroxylation sites is 2. The summed E-state index contributed by atoms with van der Waals surface area (Å²) in [5, 5.41) is 2.75. The van der Waals surface area contributed by atoms with Crippen molar-refractivity contribution in [1.29, 1.82) is 0 Å². The molecule has 0 fully saturated rings. The third-order valence-corrected chi connectivity index (χ3v) is 4.12. The van der Waals surface area contributed by atoms with Crippen molar-refractivity contribution in [3.63, 3.8) is 0 Å². The first-order valence-corrected chi connectivity index (χ1v) is 8.66. The summed E-state index contributed by atoms with van der Waals surface area (Å²) in [6, 6.07) is 15.4. The monoisotopic (exact) mass is 375 g/mol. The number of anilines is 1. The predicted octanol–water partition coefficient (Wildman–Crippen LogP) is 3.43. The van der Waals surface area contributed by atoms with Gasteiger partial charge in [-0.3, -0.25) is 14.0 Å². The first kappa shape index (κ1) is 17.5. The topological polar surface area (TPSA) is 85.8 Å². The number of furan rings is 1. The molecule has 140 valence electrons. The lowest BCUT2D eigenvalue weighted by Crippen LogP contribution is -2.17. The van der Waals surface area contributed by atoms with E-state index in [-0.39, 0.29) is 23.8 Å². The number of aryl methyl sites for hydroxylation is 1. The van der Waals surface area contributed by atoms with Gasteiger partial charge in [-0.2, -0.15) is 0 Å². The Balaban J connectivity index is 1.54. The fraction of sp³-hybridized carbons (Fsp3) is 0.0952. The smallest absolute Gasteiger partial charge is 0.291 e. The number of amides is 1. The van der Waals surface area contributed by atoms with Crippen molar-refractivity contribution < 1.29 is 13.9 Å². The van der Waals surface area contributed by atoms with E-state index >= 15 is 0 Å². The molecule has 3 heterocycles. The molecule has 0 saturated carbocycles. The van der Waals surface area contributed by atoms with E-state index in [2.05, 4.69) is 10.3 Å². The maximum absolute atomic E-state index is 12.3. The summed E-state index contributed by atoms with van der Waals surface area (Å²) in [4.78, 5) is 29.0. The molecule has 7 heteroatoms. The van der Waals surface area contributed by atoms with Gasteiger partial charge in [0.15, 0.2) is 5.76 Å². The standard InChI is InChI=1S/C21H17N3O4/c1-14-8-9-19-22-15(11-20(25)24(19)12-14)13-28-17-6-3-2-5-16(17)23-21(26)18-7-4-10-27-18/h2-12H,13H2,1H3,(H,23,26). The zero-order valence-electron chi connectivity index (χ0n) is 15.1. The molecule has 0 aliphatic heterocycles. The highest BCUT2D eigenvalue weighted by Gasteiger charge is 2.12. The summed E-state index contributed by atoms with van der Waals surface area (Å²) in [5.41, 5.74) is 2.35. The normalized spacial score (nSPS) is 10.8. The molecular weight excluding hydrogens is 358 g/mol. The third-order valence-electron chi connectivity index (χ3n) is 4.12. The second kappa shape index (κ2) is 7.40. The van der Waals surface area contributed by atoms with E-state index in [0.29, 0.717) is 22.8 Å². The van der Waals surface area contributed by atoms with Crippen LogP contribution in [0.5, 0.6) is 5.75 Å². The van der Waals surface area contributed by atoms with Crippen LogP contribution in [0.15, 0.2) is 76.3 Å². The Morgan fingerprint density at radius 1 is 1.18 bits per heavy atom. The van der Waals surface area contributed by atoms with Crippen LogP contribution in [0.1, 0.15) is 21.8 Å². The van der Waals surface area contributed by atoms with Crippen LogP contribution < -0.4 is 15.6 Å². The number of nitrogens with one attached hydrogen (secondary N) is 1. The van der Waals surface area contributed by atoms with Gasteiger partial charge < -0.3 is 14.5 Å². The second-order valence-corrected chi connectivity index (χ2v) is 6.24. The average Bonchev–Trinajstić information content (AvgIpc) is 3.23. The number of pyridine rings is 1. The van der Waals surface area contributed by atoms with Crippen LogP contribution in [-0.4, -0.2) is 15.3 Å². The lowest BCUT2D eigenvalue weighted by Gasteiger charge is -2.12. The predicted molar refractivity (Wildman–Crippen MR) is 104 cm³/mol. The maximum atomic E-state index is 12.3. The molecule has 0 spiro atoms. The van der Waals surface area contributed by atoms with E-state index < -0.39 is 0 Å². The highest BCUT2D eigenvalue weighted by molar-refractivity contribution is 6.03. The van der Waals surface area contributed by atoms with Gasteiger partial charge in [0.05, 0.1) is 17.6 Å². The number of hydrogen-bond acceptors (Lipinski definition) is 5. The lowest BCUT2D eigenvalue weighted by atomic mass is 10.2. The Morgan fingerprint density at radius 2 is 2.04 bits per heavy atom. The minimum absolute atomic E-state index is 0.0905. The molecule has 3 aromatic heterocycles. The Labute approximate surface area is 160 Å². The van der Waals surface area contributed by atoms with Gasteiger partial charge in [0.1, 0.15) is 18.0 Å². The number of fused-ring (bicyclic) bond motifs is 1. The van der Waals surface area contributed by atoms with E-state index in [1.807, 2.05) is 13.0 Å².